The minimum absolute atomic E-state index is 0.188. The quantitative estimate of drug-likeness (QED) is 0.595. The Morgan fingerprint density at radius 3 is 2.00 bits per heavy atom. The zero-order valence-electron chi connectivity index (χ0n) is 9.10. The third kappa shape index (κ3) is 2.08. The van der Waals surface area contributed by atoms with E-state index in [-0.39, 0.29) is 5.41 Å². The Morgan fingerprint density at radius 1 is 1.08 bits per heavy atom. The Bertz CT molecular complexity index is 319. The Kier molecular flexibility index (Phi) is 2.76. The normalized spacial score (nSPS) is 11.8. The summed E-state index contributed by atoms with van der Waals surface area (Å²) in [7, 11) is 0. The summed E-state index contributed by atoms with van der Waals surface area (Å²) in [4.78, 5) is 1.11. The van der Waals surface area contributed by atoms with E-state index in [4.69, 9.17) is 0 Å². The molecule has 0 saturated heterocycles. The second-order valence-electron chi connectivity index (χ2n) is 4.65. The van der Waals surface area contributed by atoms with Gasteiger partial charge < -0.3 is 0 Å². The standard InChI is InChI=1S/C12H18S/c1-8-6-7-10(13)11(9(8)2)12(3,4)5/h6-7,13H,1-5H3. The number of aryl methyl sites for hydroxylation is 1. The molecule has 0 fully saturated rings. The first kappa shape index (κ1) is 10.6. The molecule has 0 aromatic heterocycles. The van der Waals surface area contributed by atoms with Gasteiger partial charge in [0.1, 0.15) is 0 Å². The molecular formula is C12H18S. The summed E-state index contributed by atoms with van der Waals surface area (Å²) in [5.41, 5.74) is 4.28. The van der Waals surface area contributed by atoms with E-state index in [1.807, 2.05) is 0 Å². The first-order valence-electron chi connectivity index (χ1n) is 4.63. The molecule has 1 rings (SSSR count). The van der Waals surface area contributed by atoms with Gasteiger partial charge in [0.25, 0.3) is 0 Å². The molecule has 0 nitrogen and oxygen atoms in total. The highest BCUT2D eigenvalue weighted by molar-refractivity contribution is 7.80. The fraction of sp³-hybridized carbons (Fsp3) is 0.500. The molecule has 0 saturated carbocycles. The van der Waals surface area contributed by atoms with Crippen LogP contribution in [0.2, 0.25) is 0 Å². The van der Waals surface area contributed by atoms with Crippen LogP contribution in [0, 0.1) is 13.8 Å². The van der Waals surface area contributed by atoms with Crippen molar-refractivity contribution in [3.05, 3.63) is 28.8 Å². The van der Waals surface area contributed by atoms with E-state index in [9.17, 15) is 0 Å². The molecule has 0 aliphatic carbocycles. The van der Waals surface area contributed by atoms with Gasteiger partial charge in [-0.2, -0.15) is 0 Å². The molecule has 0 radical (unpaired) electrons. The van der Waals surface area contributed by atoms with Crippen LogP contribution in [-0.4, -0.2) is 0 Å². The Labute approximate surface area is 86.8 Å². The lowest BCUT2D eigenvalue weighted by molar-refractivity contribution is 0.573. The highest BCUT2D eigenvalue weighted by atomic mass is 32.1. The maximum absolute atomic E-state index is 4.51. The third-order valence-electron chi connectivity index (χ3n) is 2.46. The van der Waals surface area contributed by atoms with Gasteiger partial charge in [-0.1, -0.05) is 26.8 Å². The minimum atomic E-state index is 0.188. The Morgan fingerprint density at radius 2 is 1.62 bits per heavy atom. The van der Waals surface area contributed by atoms with Gasteiger partial charge in [-0.25, -0.2) is 0 Å². The van der Waals surface area contributed by atoms with E-state index in [0.717, 1.165) is 4.90 Å². The molecule has 13 heavy (non-hydrogen) atoms. The smallest absolute Gasteiger partial charge is 0.00802 e. The molecule has 0 heterocycles. The molecule has 0 amide bonds. The predicted molar refractivity (Wildman–Crippen MR) is 61.9 cm³/mol. The maximum Gasteiger partial charge on any atom is 0.00802 e. The summed E-state index contributed by atoms with van der Waals surface area (Å²) >= 11 is 4.51. The van der Waals surface area contributed by atoms with Gasteiger partial charge in [-0.05, 0) is 42.0 Å². The predicted octanol–water partition coefficient (Wildman–Crippen LogP) is 3.89. The first-order valence-corrected chi connectivity index (χ1v) is 5.08. The maximum atomic E-state index is 4.51. The lowest BCUT2D eigenvalue weighted by atomic mass is 9.83. The number of benzene rings is 1. The van der Waals surface area contributed by atoms with Crippen molar-refractivity contribution < 1.29 is 0 Å². The van der Waals surface area contributed by atoms with Crippen LogP contribution in [-0.2, 0) is 5.41 Å². The van der Waals surface area contributed by atoms with Crippen LogP contribution in [0.1, 0.15) is 37.5 Å². The number of rotatable bonds is 0. The summed E-state index contributed by atoms with van der Waals surface area (Å²) in [6.45, 7) is 11.0. The van der Waals surface area contributed by atoms with Gasteiger partial charge in [0.15, 0.2) is 0 Å². The topological polar surface area (TPSA) is 0 Å². The average molecular weight is 194 g/mol. The molecule has 0 N–H and O–H groups in total. The zero-order chi connectivity index (χ0) is 10.2. The second kappa shape index (κ2) is 3.38. The Balaban J connectivity index is 3.43. The monoisotopic (exact) mass is 194 g/mol. The van der Waals surface area contributed by atoms with Gasteiger partial charge in [0.2, 0.25) is 0 Å². The second-order valence-corrected chi connectivity index (χ2v) is 5.13. The van der Waals surface area contributed by atoms with Crippen molar-refractivity contribution in [1.29, 1.82) is 0 Å². The van der Waals surface area contributed by atoms with Crippen LogP contribution in [0.25, 0.3) is 0 Å². The summed E-state index contributed by atoms with van der Waals surface area (Å²) in [5, 5.41) is 0. The van der Waals surface area contributed by atoms with E-state index in [0.29, 0.717) is 0 Å². The molecular weight excluding hydrogens is 176 g/mol. The molecule has 0 aliphatic heterocycles. The van der Waals surface area contributed by atoms with Crippen LogP contribution < -0.4 is 0 Å². The Hall–Kier alpha value is -0.430. The summed E-state index contributed by atoms with van der Waals surface area (Å²) in [5.74, 6) is 0. The van der Waals surface area contributed by atoms with Crippen LogP contribution in [0.3, 0.4) is 0 Å². The average Bonchev–Trinajstić information content (AvgIpc) is 1.95. The summed E-state index contributed by atoms with van der Waals surface area (Å²) in [6, 6.07) is 4.22. The molecule has 72 valence electrons. The number of hydrogen-bond acceptors (Lipinski definition) is 1. The number of thiol groups is 1. The van der Waals surface area contributed by atoms with Crippen molar-refractivity contribution in [3.63, 3.8) is 0 Å². The largest absolute Gasteiger partial charge is 0.143 e. The van der Waals surface area contributed by atoms with Crippen molar-refractivity contribution in [1.82, 2.24) is 0 Å². The van der Waals surface area contributed by atoms with E-state index in [2.05, 4.69) is 59.4 Å². The van der Waals surface area contributed by atoms with Crippen molar-refractivity contribution in [2.75, 3.05) is 0 Å². The van der Waals surface area contributed by atoms with Crippen molar-refractivity contribution >= 4 is 12.6 Å². The van der Waals surface area contributed by atoms with Gasteiger partial charge in [-0.3, -0.25) is 0 Å². The molecule has 1 aromatic rings. The van der Waals surface area contributed by atoms with Crippen molar-refractivity contribution in [3.8, 4) is 0 Å². The molecule has 1 aromatic carbocycles. The van der Waals surface area contributed by atoms with Gasteiger partial charge in [-0.15, -0.1) is 12.6 Å². The fourth-order valence-corrected chi connectivity index (χ4v) is 2.33. The molecule has 1 heteroatoms. The van der Waals surface area contributed by atoms with E-state index in [1.54, 1.807) is 0 Å². The van der Waals surface area contributed by atoms with E-state index < -0.39 is 0 Å². The minimum Gasteiger partial charge on any atom is -0.143 e. The van der Waals surface area contributed by atoms with Crippen LogP contribution in [0.5, 0.6) is 0 Å². The fourth-order valence-electron chi connectivity index (χ4n) is 1.75. The van der Waals surface area contributed by atoms with Gasteiger partial charge in [0, 0.05) is 4.90 Å². The van der Waals surface area contributed by atoms with E-state index in [1.165, 1.54) is 16.7 Å². The molecule has 0 bridgehead atoms. The third-order valence-corrected chi connectivity index (χ3v) is 2.84. The highest BCUT2D eigenvalue weighted by Crippen LogP contribution is 2.32. The van der Waals surface area contributed by atoms with Gasteiger partial charge in [0.05, 0.1) is 0 Å². The molecule has 0 unspecified atom stereocenters. The molecule has 0 aliphatic rings. The summed E-state index contributed by atoms with van der Waals surface area (Å²) < 4.78 is 0. The molecule has 0 spiro atoms. The SMILES string of the molecule is Cc1ccc(S)c(C(C)(C)C)c1C. The first-order chi connectivity index (χ1) is 5.84. The van der Waals surface area contributed by atoms with Gasteiger partial charge >= 0.3 is 0 Å². The van der Waals surface area contributed by atoms with Crippen molar-refractivity contribution in [2.45, 2.75) is 44.9 Å². The van der Waals surface area contributed by atoms with E-state index >= 15 is 0 Å². The van der Waals surface area contributed by atoms with Crippen LogP contribution in [0.15, 0.2) is 17.0 Å². The van der Waals surface area contributed by atoms with Crippen LogP contribution >= 0.6 is 12.6 Å². The molecule has 0 atom stereocenters. The van der Waals surface area contributed by atoms with Crippen LogP contribution in [0.4, 0.5) is 0 Å². The zero-order valence-corrected chi connectivity index (χ0v) is 10.00. The summed E-state index contributed by atoms with van der Waals surface area (Å²) in [6.07, 6.45) is 0. The lowest BCUT2D eigenvalue weighted by Crippen LogP contribution is -2.14. The lowest BCUT2D eigenvalue weighted by Gasteiger charge is -2.24. The van der Waals surface area contributed by atoms with Crippen molar-refractivity contribution in [2.24, 2.45) is 0 Å². The highest BCUT2D eigenvalue weighted by Gasteiger charge is 2.19. The number of hydrogen-bond donors (Lipinski definition) is 1.